The normalized spacial score (nSPS) is 12.3. The molecule has 0 aliphatic heterocycles. The molecule has 0 bridgehead atoms. The van der Waals surface area contributed by atoms with E-state index < -0.39 is 15.9 Å². The first-order valence-corrected chi connectivity index (χ1v) is 12.1. The summed E-state index contributed by atoms with van der Waals surface area (Å²) in [4.78, 5) is 17.5. The largest absolute Gasteiger partial charge is 0.328 e. The molecule has 0 aliphatic rings. The van der Waals surface area contributed by atoms with Gasteiger partial charge in [0.05, 0.1) is 4.90 Å². The van der Waals surface area contributed by atoms with E-state index in [4.69, 9.17) is 0 Å². The summed E-state index contributed by atoms with van der Waals surface area (Å²) in [6, 6.07) is 18.3. The Labute approximate surface area is 189 Å². The Hall–Kier alpha value is -3.03. The fourth-order valence-electron chi connectivity index (χ4n) is 3.46. The number of carbonyl (C=O) groups is 1. The molecule has 0 atom stereocenters. The smallest absolute Gasteiger partial charge is 0.279 e. The van der Waals surface area contributed by atoms with Crippen LogP contribution in [0.3, 0.4) is 0 Å². The second-order valence-electron chi connectivity index (χ2n) is 7.66. The molecule has 3 rings (SSSR count). The van der Waals surface area contributed by atoms with Crippen molar-refractivity contribution in [3.63, 3.8) is 0 Å². The third-order valence-electron chi connectivity index (χ3n) is 5.39. The van der Waals surface area contributed by atoms with Crippen molar-refractivity contribution in [2.24, 2.45) is 4.99 Å². The summed E-state index contributed by atoms with van der Waals surface area (Å²) >= 11 is 0. The molecule has 1 amide bonds. The van der Waals surface area contributed by atoms with E-state index in [1.54, 1.807) is 39.0 Å². The second-order valence-corrected chi connectivity index (χ2v) is 9.59. The van der Waals surface area contributed by atoms with Crippen molar-refractivity contribution in [3.8, 4) is 0 Å². The van der Waals surface area contributed by atoms with Crippen molar-refractivity contribution in [2.75, 3.05) is 13.1 Å². The van der Waals surface area contributed by atoms with Gasteiger partial charge in [-0.1, -0.05) is 55.8 Å². The van der Waals surface area contributed by atoms with E-state index in [9.17, 15) is 13.2 Å². The van der Waals surface area contributed by atoms with Crippen molar-refractivity contribution in [1.82, 2.24) is 8.87 Å². The van der Waals surface area contributed by atoms with Gasteiger partial charge >= 0.3 is 0 Å². The number of aryl methyl sites for hydroxylation is 2. The van der Waals surface area contributed by atoms with Crippen molar-refractivity contribution in [1.29, 1.82) is 0 Å². The predicted octanol–water partition coefficient (Wildman–Crippen LogP) is 3.92. The minimum Gasteiger partial charge on any atom is -0.328 e. The van der Waals surface area contributed by atoms with Crippen LogP contribution in [0.2, 0.25) is 0 Å². The zero-order valence-electron chi connectivity index (χ0n) is 18.9. The van der Waals surface area contributed by atoms with Gasteiger partial charge in [0, 0.05) is 31.4 Å². The van der Waals surface area contributed by atoms with Gasteiger partial charge in [0.15, 0.2) is 0 Å². The number of rotatable bonds is 7. The number of benzene rings is 2. The minimum absolute atomic E-state index is 0.103. The highest BCUT2D eigenvalue weighted by Crippen LogP contribution is 2.20. The van der Waals surface area contributed by atoms with E-state index in [2.05, 4.69) is 4.99 Å². The Kier molecular flexibility index (Phi) is 7.43. The molecule has 6 nitrogen and oxygen atoms in total. The molecule has 0 radical (unpaired) electrons. The summed E-state index contributed by atoms with van der Waals surface area (Å²) in [5.41, 5.74) is 3.75. The highest BCUT2D eigenvalue weighted by molar-refractivity contribution is 7.89. The molecule has 0 spiro atoms. The molecule has 168 valence electrons. The Morgan fingerprint density at radius 3 is 2.31 bits per heavy atom. The molecule has 0 N–H and O–H groups in total. The summed E-state index contributed by atoms with van der Waals surface area (Å²) in [5.74, 6) is -0.469. The first-order valence-electron chi connectivity index (χ1n) is 10.7. The van der Waals surface area contributed by atoms with Gasteiger partial charge in [0.2, 0.25) is 10.0 Å². The maximum atomic E-state index is 13.1. The molecule has 7 heteroatoms. The van der Waals surface area contributed by atoms with Crippen LogP contribution < -0.4 is 5.49 Å². The number of aromatic nitrogens is 1. The molecule has 0 fully saturated rings. The van der Waals surface area contributed by atoms with Crippen LogP contribution in [0.5, 0.6) is 0 Å². The zero-order chi connectivity index (χ0) is 23.3. The van der Waals surface area contributed by atoms with E-state index >= 15 is 0 Å². The average molecular weight is 452 g/mol. The van der Waals surface area contributed by atoms with Gasteiger partial charge in [-0.15, -0.1) is 0 Å². The highest BCUT2D eigenvalue weighted by Gasteiger charge is 2.23. The van der Waals surface area contributed by atoms with Gasteiger partial charge in [-0.25, -0.2) is 8.42 Å². The van der Waals surface area contributed by atoms with Crippen LogP contribution in [0.15, 0.2) is 76.7 Å². The molecule has 0 unspecified atom stereocenters. The molecule has 1 heterocycles. The zero-order valence-corrected chi connectivity index (χ0v) is 19.8. The minimum atomic E-state index is -3.67. The van der Waals surface area contributed by atoms with Crippen LogP contribution in [-0.4, -0.2) is 36.3 Å². The Bertz CT molecular complexity index is 1270. The van der Waals surface area contributed by atoms with Gasteiger partial charge in [-0.3, -0.25) is 4.79 Å². The third kappa shape index (κ3) is 5.23. The lowest BCUT2D eigenvalue weighted by molar-refractivity contribution is 0.0996. The fraction of sp³-hybridized carbons (Fsp3) is 0.280. The van der Waals surface area contributed by atoms with Crippen LogP contribution in [0, 0.1) is 13.8 Å². The van der Waals surface area contributed by atoms with Crippen molar-refractivity contribution < 1.29 is 13.2 Å². The summed E-state index contributed by atoms with van der Waals surface area (Å²) in [7, 11) is -3.67. The van der Waals surface area contributed by atoms with Gasteiger partial charge in [-0.05, 0) is 49.2 Å². The second kappa shape index (κ2) is 10.1. The summed E-state index contributed by atoms with van der Waals surface area (Å²) < 4.78 is 29.1. The van der Waals surface area contributed by atoms with Crippen LogP contribution in [-0.2, 0) is 16.6 Å². The predicted molar refractivity (Wildman–Crippen MR) is 126 cm³/mol. The summed E-state index contributed by atoms with van der Waals surface area (Å²) in [6.45, 7) is 8.70. The third-order valence-corrected chi connectivity index (χ3v) is 7.43. The van der Waals surface area contributed by atoms with Crippen molar-refractivity contribution in [2.45, 2.75) is 39.1 Å². The first kappa shape index (κ1) is 23.6. The van der Waals surface area contributed by atoms with Gasteiger partial charge < -0.3 is 4.57 Å². The Morgan fingerprint density at radius 1 is 0.969 bits per heavy atom. The average Bonchev–Trinajstić information content (AvgIpc) is 2.77. The van der Waals surface area contributed by atoms with Crippen molar-refractivity contribution >= 4 is 15.9 Å². The highest BCUT2D eigenvalue weighted by atomic mass is 32.2. The summed E-state index contributed by atoms with van der Waals surface area (Å²) in [6.07, 6.45) is 1.88. The van der Waals surface area contributed by atoms with Gasteiger partial charge in [0.1, 0.15) is 5.49 Å². The quantitative estimate of drug-likeness (QED) is 0.547. The Balaban J connectivity index is 2.00. The molecule has 32 heavy (non-hydrogen) atoms. The SMILES string of the molecule is CCN(CC)S(=O)(=O)c1ccc(C)c(C(=O)N=c2ccccn2Cc2ccc(C)cc2)c1. The van der Waals surface area contributed by atoms with Gasteiger partial charge in [-0.2, -0.15) is 9.30 Å². The molecule has 0 aliphatic carbocycles. The lowest BCUT2D eigenvalue weighted by atomic mass is 10.1. The van der Waals surface area contributed by atoms with Gasteiger partial charge in [0.25, 0.3) is 5.91 Å². The monoisotopic (exact) mass is 451 g/mol. The van der Waals surface area contributed by atoms with E-state index in [-0.39, 0.29) is 10.5 Å². The first-order chi connectivity index (χ1) is 15.3. The van der Waals surface area contributed by atoms with E-state index in [0.29, 0.717) is 30.7 Å². The number of pyridine rings is 1. The van der Waals surface area contributed by atoms with E-state index in [1.165, 1.54) is 15.9 Å². The van der Waals surface area contributed by atoms with Crippen molar-refractivity contribution in [3.05, 3.63) is 94.6 Å². The number of nitrogens with zero attached hydrogens (tertiary/aromatic N) is 3. The lowest BCUT2D eigenvalue weighted by Gasteiger charge is -2.19. The number of hydrogen-bond donors (Lipinski definition) is 0. The molecule has 3 aromatic rings. The van der Waals surface area contributed by atoms with E-state index in [0.717, 1.165) is 5.56 Å². The Morgan fingerprint density at radius 2 is 1.66 bits per heavy atom. The molecule has 0 saturated carbocycles. The molecular formula is C25H29N3O3S. The lowest BCUT2D eigenvalue weighted by Crippen LogP contribution is -2.30. The fourth-order valence-corrected chi connectivity index (χ4v) is 4.95. The van der Waals surface area contributed by atoms with Crippen LogP contribution in [0.4, 0.5) is 0 Å². The number of hydrogen-bond acceptors (Lipinski definition) is 3. The maximum Gasteiger partial charge on any atom is 0.279 e. The molecular weight excluding hydrogens is 422 g/mol. The van der Waals surface area contributed by atoms with Crippen LogP contribution >= 0.6 is 0 Å². The molecule has 2 aromatic carbocycles. The number of sulfonamides is 1. The standard InChI is InChI=1S/C25H29N3O3S/c1-5-28(6-2)32(30,31)22-15-12-20(4)23(17-22)25(29)26-24-9-7-8-16-27(24)18-21-13-10-19(3)11-14-21/h7-17H,5-6,18H2,1-4H3. The number of amides is 1. The molecule has 1 aromatic heterocycles. The van der Waals surface area contributed by atoms with E-state index in [1.807, 2.05) is 54.1 Å². The maximum absolute atomic E-state index is 13.1. The van der Waals surface area contributed by atoms with Crippen LogP contribution in [0.1, 0.15) is 40.9 Å². The number of carbonyl (C=O) groups excluding carboxylic acids is 1. The molecule has 0 saturated heterocycles. The summed E-state index contributed by atoms with van der Waals surface area (Å²) in [5, 5.41) is 0. The topological polar surface area (TPSA) is 71.7 Å². The van der Waals surface area contributed by atoms with Crippen LogP contribution in [0.25, 0.3) is 0 Å².